The molecule has 1 aliphatic rings. The van der Waals surface area contributed by atoms with Crippen LogP contribution in [0.5, 0.6) is 0 Å². The Kier molecular flexibility index (Phi) is 3.63. The van der Waals surface area contributed by atoms with E-state index in [0.29, 0.717) is 6.04 Å². The highest BCUT2D eigenvalue weighted by Gasteiger charge is 2.10. The molecule has 1 rings (SSSR count). The number of aliphatic imine (C=N–C) groups is 1. The van der Waals surface area contributed by atoms with Crippen molar-refractivity contribution in [3.63, 3.8) is 0 Å². The van der Waals surface area contributed by atoms with Crippen molar-refractivity contribution in [2.24, 2.45) is 4.99 Å². The first-order chi connectivity index (χ1) is 5.34. The minimum atomic E-state index is 0.358. The molecule has 0 bridgehead atoms. The van der Waals surface area contributed by atoms with E-state index in [9.17, 15) is 0 Å². The van der Waals surface area contributed by atoms with Crippen LogP contribution in [-0.4, -0.2) is 12.4 Å². The molecule has 0 aromatic rings. The van der Waals surface area contributed by atoms with E-state index in [1.54, 1.807) is 6.34 Å². The lowest BCUT2D eigenvalue weighted by Crippen LogP contribution is -2.16. The largest absolute Gasteiger partial charge is 0.352 e. The maximum absolute atomic E-state index is 4.30. The minimum Gasteiger partial charge on any atom is -0.352 e. The Balaban J connectivity index is 2.36. The molecule has 0 spiro atoms. The number of halogens is 1. The Morgan fingerprint density at radius 1 is 1.73 bits per heavy atom. The summed E-state index contributed by atoms with van der Waals surface area (Å²) in [5, 5.41) is 2.94. The van der Waals surface area contributed by atoms with Gasteiger partial charge in [-0.05, 0) is 6.42 Å². The average Bonchev–Trinajstić information content (AvgIpc) is 2.03. The Bertz CT molecular complexity index is 175. The summed E-state index contributed by atoms with van der Waals surface area (Å²) < 4.78 is 1.16. The number of nitrogens with one attached hydrogen (secondary N) is 1. The Labute approximate surface area is 75.9 Å². The molecule has 0 saturated heterocycles. The molecule has 0 aliphatic carbocycles. The van der Waals surface area contributed by atoms with Crippen LogP contribution >= 0.6 is 15.9 Å². The molecular weight excluding hydrogens is 204 g/mol. The molecule has 1 heterocycles. The smallest absolute Gasteiger partial charge is 0.0871 e. The van der Waals surface area contributed by atoms with Gasteiger partial charge in [-0.2, -0.15) is 0 Å². The summed E-state index contributed by atoms with van der Waals surface area (Å²) in [6.07, 6.45) is 7.33. The molecule has 62 valence electrons. The van der Waals surface area contributed by atoms with Crippen LogP contribution in [0.3, 0.4) is 0 Å². The quantitative estimate of drug-likeness (QED) is 0.771. The summed E-state index contributed by atoms with van der Waals surface area (Å²) in [5.74, 6) is 0. The highest BCUT2D eigenvalue weighted by Crippen LogP contribution is 2.19. The third-order valence-electron chi connectivity index (χ3n) is 1.70. The van der Waals surface area contributed by atoms with Crippen molar-refractivity contribution in [1.29, 1.82) is 0 Å². The Hall–Kier alpha value is -0.310. The summed E-state index contributed by atoms with van der Waals surface area (Å²) in [6.45, 7) is 2.20. The van der Waals surface area contributed by atoms with Crippen molar-refractivity contribution in [3.8, 4) is 0 Å². The van der Waals surface area contributed by atoms with Gasteiger partial charge in [-0.15, -0.1) is 0 Å². The highest BCUT2D eigenvalue weighted by atomic mass is 79.9. The van der Waals surface area contributed by atoms with Crippen LogP contribution in [0.25, 0.3) is 0 Å². The zero-order valence-corrected chi connectivity index (χ0v) is 8.26. The zero-order valence-electron chi connectivity index (χ0n) is 6.68. The van der Waals surface area contributed by atoms with Gasteiger partial charge in [0.15, 0.2) is 0 Å². The van der Waals surface area contributed by atoms with Crippen molar-refractivity contribution in [3.05, 3.63) is 10.7 Å². The molecule has 1 atom stereocenters. The van der Waals surface area contributed by atoms with Crippen molar-refractivity contribution >= 4 is 22.3 Å². The number of unbranched alkanes of at least 4 members (excludes halogenated alkanes) is 1. The van der Waals surface area contributed by atoms with Crippen molar-refractivity contribution in [2.75, 3.05) is 0 Å². The van der Waals surface area contributed by atoms with Crippen LogP contribution < -0.4 is 5.32 Å². The van der Waals surface area contributed by atoms with Gasteiger partial charge in [0.2, 0.25) is 0 Å². The second-order valence-corrected chi connectivity index (χ2v) is 3.55. The summed E-state index contributed by atoms with van der Waals surface area (Å²) in [5.41, 5.74) is 0. The zero-order chi connectivity index (χ0) is 8.10. The molecule has 0 saturated carbocycles. The van der Waals surface area contributed by atoms with E-state index in [-0.39, 0.29) is 0 Å². The normalized spacial score (nSPS) is 22.7. The molecule has 0 amide bonds. The van der Waals surface area contributed by atoms with E-state index in [1.165, 1.54) is 12.8 Å². The number of hydrogen-bond donors (Lipinski definition) is 1. The van der Waals surface area contributed by atoms with E-state index >= 15 is 0 Å². The first-order valence-electron chi connectivity index (χ1n) is 3.98. The summed E-state index contributed by atoms with van der Waals surface area (Å²) in [6, 6.07) is 0.358. The van der Waals surface area contributed by atoms with Crippen LogP contribution in [-0.2, 0) is 0 Å². The van der Waals surface area contributed by atoms with E-state index in [1.807, 2.05) is 6.20 Å². The number of nitrogens with zero attached hydrogens (tertiary/aromatic N) is 1. The molecule has 2 nitrogen and oxygen atoms in total. The van der Waals surface area contributed by atoms with Crippen LogP contribution in [0, 0.1) is 0 Å². The lowest BCUT2D eigenvalue weighted by Gasteiger charge is -2.14. The topological polar surface area (TPSA) is 24.4 Å². The maximum Gasteiger partial charge on any atom is 0.0871 e. The third kappa shape index (κ3) is 2.66. The van der Waals surface area contributed by atoms with Crippen LogP contribution in [0.2, 0.25) is 0 Å². The van der Waals surface area contributed by atoms with Crippen LogP contribution in [0.4, 0.5) is 0 Å². The van der Waals surface area contributed by atoms with Gasteiger partial charge in [-0.1, -0.05) is 35.7 Å². The summed E-state index contributed by atoms with van der Waals surface area (Å²) in [7, 11) is 0. The van der Waals surface area contributed by atoms with Gasteiger partial charge in [0.25, 0.3) is 0 Å². The third-order valence-corrected chi connectivity index (χ3v) is 2.46. The molecule has 0 aromatic heterocycles. The summed E-state index contributed by atoms with van der Waals surface area (Å²) >= 11 is 3.47. The van der Waals surface area contributed by atoms with E-state index in [4.69, 9.17) is 0 Å². The Morgan fingerprint density at radius 3 is 3.18 bits per heavy atom. The SMILES string of the molecule is CCCCC1N=CNC=C1Br. The molecular formula is C8H13BrN2. The van der Waals surface area contributed by atoms with Gasteiger partial charge in [0.1, 0.15) is 0 Å². The second kappa shape index (κ2) is 4.54. The van der Waals surface area contributed by atoms with Gasteiger partial charge in [-0.3, -0.25) is 4.99 Å². The first-order valence-corrected chi connectivity index (χ1v) is 4.77. The fourth-order valence-corrected chi connectivity index (χ4v) is 1.51. The van der Waals surface area contributed by atoms with Crippen LogP contribution in [0.1, 0.15) is 26.2 Å². The predicted molar refractivity (Wildman–Crippen MR) is 52.0 cm³/mol. The molecule has 1 aliphatic heterocycles. The Morgan fingerprint density at radius 2 is 2.55 bits per heavy atom. The average molecular weight is 217 g/mol. The van der Waals surface area contributed by atoms with Gasteiger partial charge >= 0.3 is 0 Å². The fraction of sp³-hybridized carbons (Fsp3) is 0.625. The predicted octanol–water partition coefficient (Wildman–Crippen LogP) is 2.41. The monoisotopic (exact) mass is 216 g/mol. The summed E-state index contributed by atoms with van der Waals surface area (Å²) in [4.78, 5) is 4.30. The van der Waals surface area contributed by atoms with E-state index in [0.717, 1.165) is 10.9 Å². The van der Waals surface area contributed by atoms with Crippen molar-refractivity contribution < 1.29 is 0 Å². The molecule has 1 unspecified atom stereocenters. The second-order valence-electron chi connectivity index (χ2n) is 2.63. The minimum absolute atomic E-state index is 0.358. The van der Waals surface area contributed by atoms with Crippen molar-refractivity contribution in [1.82, 2.24) is 5.32 Å². The van der Waals surface area contributed by atoms with Crippen LogP contribution in [0.15, 0.2) is 15.7 Å². The van der Waals surface area contributed by atoms with Crippen molar-refractivity contribution in [2.45, 2.75) is 32.2 Å². The number of hydrogen-bond acceptors (Lipinski definition) is 2. The molecule has 3 heteroatoms. The van der Waals surface area contributed by atoms with Gasteiger partial charge < -0.3 is 5.32 Å². The molecule has 1 N–H and O–H groups in total. The van der Waals surface area contributed by atoms with Gasteiger partial charge in [-0.25, -0.2) is 0 Å². The maximum atomic E-state index is 4.30. The molecule has 0 aromatic carbocycles. The lowest BCUT2D eigenvalue weighted by molar-refractivity contribution is 0.647. The molecule has 0 fully saturated rings. The van der Waals surface area contributed by atoms with E-state index < -0.39 is 0 Å². The standard InChI is InChI=1S/C8H13BrN2/c1-2-3-4-8-7(9)5-10-6-11-8/h5-6,8H,2-4H2,1H3,(H,10,11). The molecule has 0 radical (unpaired) electrons. The first kappa shape index (κ1) is 8.78. The number of rotatable bonds is 3. The lowest BCUT2D eigenvalue weighted by atomic mass is 10.1. The molecule has 11 heavy (non-hydrogen) atoms. The highest BCUT2D eigenvalue weighted by molar-refractivity contribution is 9.11. The van der Waals surface area contributed by atoms with Gasteiger partial charge in [0.05, 0.1) is 12.4 Å². The fourth-order valence-electron chi connectivity index (χ4n) is 1.03. The van der Waals surface area contributed by atoms with E-state index in [2.05, 4.69) is 33.2 Å². The van der Waals surface area contributed by atoms with Gasteiger partial charge in [0, 0.05) is 10.7 Å².